The molecule has 3 aliphatic heterocycles. The molecule has 1 unspecified atom stereocenters. The minimum atomic E-state index is -1.10. The molecule has 4 amide bonds. The van der Waals surface area contributed by atoms with E-state index in [2.05, 4.69) is 75.7 Å². The molecular weight excluding hydrogens is 841 g/mol. The molecule has 16 heteroatoms. The number of aromatic amines is 2. The molecule has 3 fully saturated rings. The Morgan fingerprint density at radius 2 is 1.38 bits per heavy atom. The molecule has 1 spiro atoms. The zero-order valence-corrected chi connectivity index (χ0v) is 37.8. The van der Waals surface area contributed by atoms with Crippen LogP contribution in [-0.4, -0.2) is 112 Å². The van der Waals surface area contributed by atoms with E-state index in [1.165, 1.54) is 14.2 Å². The molecule has 3 aromatic carbocycles. The van der Waals surface area contributed by atoms with Gasteiger partial charge in [0.2, 0.25) is 5.91 Å². The zero-order valence-electron chi connectivity index (χ0n) is 37.8. The second-order valence-electron chi connectivity index (χ2n) is 17.1. The molecule has 5 aromatic rings. The van der Waals surface area contributed by atoms with Gasteiger partial charge in [-0.05, 0) is 70.9 Å². The number of alkyl carbamates (subject to hydrolysis) is 2. The highest BCUT2D eigenvalue weighted by molar-refractivity contribution is 5.91. The first-order chi connectivity index (χ1) is 31.9. The fourth-order valence-corrected chi connectivity index (χ4v) is 9.00. The van der Waals surface area contributed by atoms with E-state index in [0.717, 1.165) is 57.3 Å². The van der Waals surface area contributed by atoms with Crippen LogP contribution in [0.15, 0.2) is 110 Å². The second-order valence-corrected chi connectivity index (χ2v) is 17.1. The first kappa shape index (κ1) is 45.5. The number of aromatic nitrogens is 4. The number of hydrogen-bond acceptors (Lipinski definition) is 10. The van der Waals surface area contributed by atoms with E-state index in [0.29, 0.717) is 43.4 Å². The lowest BCUT2D eigenvalue weighted by molar-refractivity contribution is -0.152. The topological polar surface area (TPSA) is 193 Å². The number of hydrogen-bond donors (Lipinski definition) is 4. The molecule has 3 aliphatic rings. The molecular formula is C50H56N8O8. The Morgan fingerprint density at radius 1 is 0.788 bits per heavy atom. The second kappa shape index (κ2) is 19.6. The van der Waals surface area contributed by atoms with Crippen molar-refractivity contribution in [3.8, 4) is 33.6 Å². The summed E-state index contributed by atoms with van der Waals surface area (Å²) in [6.07, 6.45) is 11.2. The minimum Gasteiger partial charge on any atom is -0.453 e. The van der Waals surface area contributed by atoms with Gasteiger partial charge in [0.1, 0.15) is 23.7 Å². The smallest absolute Gasteiger partial charge is 0.407 e. The summed E-state index contributed by atoms with van der Waals surface area (Å²) in [6.45, 7) is 11.3. The largest absolute Gasteiger partial charge is 0.453 e. The van der Waals surface area contributed by atoms with E-state index >= 15 is 0 Å². The number of nitrogens with zero attached hydrogens (tertiary/aromatic N) is 4. The Bertz CT molecular complexity index is 2660. The van der Waals surface area contributed by atoms with Gasteiger partial charge in [-0.3, -0.25) is 9.59 Å². The molecule has 0 radical (unpaired) electrons. The maximum absolute atomic E-state index is 14.3. The summed E-state index contributed by atoms with van der Waals surface area (Å²) in [6, 6.07) is 18.3. The van der Waals surface area contributed by atoms with Crippen LogP contribution < -0.4 is 10.6 Å². The van der Waals surface area contributed by atoms with Gasteiger partial charge in [-0.1, -0.05) is 93.3 Å². The predicted molar refractivity (Wildman–Crippen MR) is 249 cm³/mol. The van der Waals surface area contributed by atoms with E-state index in [1.54, 1.807) is 23.2 Å². The molecule has 4 N–H and O–H groups in total. The number of imidazole rings is 2. The number of ether oxygens (including phenoxy) is 4. The molecule has 0 saturated carbocycles. The van der Waals surface area contributed by atoms with Crippen molar-refractivity contribution in [2.75, 3.05) is 40.5 Å². The van der Waals surface area contributed by atoms with Crippen LogP contribution in [0.3, 0.4) is 0 Å². The average molecular weight is 897 g/mol. The number of likely N-dealkylation sites (tertiary alicyclic amines) is 2. The summed E-state index contributed by atoms with van der Waals surface area (Å²) in [7, 11) is 2.53. The normalized spacial score (nSPS) is 19.0. The zero-order chi connectivity index (χ0) is 46.5. The highest BCUT2D eigenvalue weighted by atomic mass is 16.7. The molecule has 344 valence electrons. The third-order valence-electron chi connectivity index (χ3n) is 12.5. The molecule has 16 nitrogen and oxygen atoms in total. The average Bonchev–Trinajstić information content (AvgIpc) is 4.20. The number of carbonyl (C=O) groups excluding carboxylic acids is 4. The summed E-state index contributed by atoms with van der Waals surface area (Å²) >= 11 is 0. The van der Waals surface area contributed by atoms with Crippen LogP contribution in [0, 0.1) is 5.92 Å². The Kier molecular flexibility index (Phi) is 13.5. The van der Waals surface area contributed by atoms with Crippen LogP contribution in [0.25, 0.3) is 44.4 Å². The predicted octanol–water partition coefficient (Wildman–Crippen LogP) is 7.76. The molecule has 5 heterocycles. The van der Waals surface area contributed by atoms with E-state index in [9.17, 15) is 19.2 Å². The highest BCUT2D eigenvalue weighted by Crippen LogP contribution is 2.43. The van der Waals surface area contributed by atoms with Crippen LogP contribution in [0.1, 0.15) is 63.8 Å². The minimum absolute atomic E-state index is 0.117. The third kappa shape index (κ3) is 9.51. The molecule has 4 atom stereocenters. The molecule has 3 saturated heterocycles. The van der Waals surface area contributed by atoms with E-state index in [-0.39, 0.29) is 24.4 Å². The van der Waals surface area contributed by atoms with Crippen molar-refractivity contribution in [3.05, 3.63) is 121 Å². The number of allylic oxidation sites excluding steroid dienone is 3. The van der Waals surface area contributed by atoms with Crippen molar-refractivity contribution in [2.45, 2.75) is 70.0 Å². The Balaban J connectivity index is 0.967. The molecule has 0 aliphatic carbocycles. The fourth-order valence-electron chi connectivity index (χ4n) is 9.00. The van der Waals surface area contributed by atoms with Crippen molar-refractivity contribution in [1.82, 2.24) is 40.4 Å². The summed E-state index contributed by atoms with van der Waals surface area (Å²) < 4.78 is 21.8. The van der Waals surface area contributed by atoms with Gasteiger partial charge in [0.25, 0.3) is 5.91 Å². The quantitative estimate of drug-likeness (QED) is 0.0850. The number of nitrogens with one attached hydrogen (secondary N) is 4. The summed E-state index contributed by atoms with van der Waals surface area (Å²) in [5.41, 5.74) is 6.00. The summed E-state index contributed by atoms with van der Waals surface area (Å²) in [4.78, 5) is 72.2. The van der Waals surface area contributed by atoms with E-state index in [4.69, 9.17) is 28.9 Å². The maximum atomic E-state index is 14.3. The molecule has 8 rings (SSSR count). The Hall–Kier alpha value is -7.04. The Labute approximate surface area is 383 Å². The number of amides is 4. The number of carbonyl (C=O) groups is 4. The number of rotatable bonds is 13. The van der Waals surface area contributed by atoms with Gasteiger partial charge in [0.15, 0.2) is 5.79 Å². The van der Waals surface area contributed by atoms with Crippen molar-refractivity contribution in [2.24, 2.45) is 5.92 Å². The van der Waals surface area contributed by atoms with Crippen LogP contribution >= 0.6 is 0 Å². The van der Waals surface area contributed by atoms with E-state index in [1.807, 2.05) is 56.2 Å². The van der Waals surface area contributed by atoms with Gasteiger partial charge < -0.3 is 49.3 Å². The molecule has 2 aromatic heterocycles. The number of H-pyrrole nitrogens is 2. The monoisotopic (exact) mass is 896 g/mol. The van der Waals surface area contributed by atoms with Crippen LogP contribution in [0.2, 0.25) is 0 Å². The van der Waals surface area contributed by atoms with Crippen molar-refractivity contribution >= 4 is 34.8 Å². The third-order valence-corrected chi connectivity index (χ3v) is 12.5. The SMILES string of the molecule is C=C(/C=C\C=C/C)[C@@H](NC(=O)OC)C(=O)N1CC2(C[C@H]1c1ncc(-c3ccc(-c4ccc5cc(-c6cnc(C7CCCN7C(=O)[C@@H](NC(=O)OC)C(C)C)[nH]6)ccc5c4)cc3)[nH]1)OCCO2. The first-order valence-electron chi connectivity index (χ1n) is 22.2. The van der Waals surface area contributed by atoms with Gasteiger partial charge >= 0.3 is 12.2 Å². The van der Waals surface area contributed by atoms with Gasteiger partial charge in [-0.25, -0.2) is 19.6 Å². The van der Waals surface area contributed by atoms with Gasteiger partial charge in [0.05, 0.1) is 69.8 Å². The lowest BCUT2D eigenvalue weighted by atomic mass is 9.98. The van der Waals surface area contributed by atoms with E-state index < -0.39 is 42.0 Å². The van der Waals surface area contributed by atoms with Crippen LogP contribution in [0.4, 0.5) is 9.59 Å². The number of fused-ring (bicyclic) bond motifs is 1. The lowest BCUT2D eigenvalue weighted by Gasteiger charge is -2.30. The van der Waals surface area contributed by atoms with Crippen molar-refractivity contribution < 1.29 is 38.1 Å². The summed E-state index contributed by atoms with van der Waals surface area (Å²) in [5.74, 6) is -0.379. The fraction of sp³-hybridized carbons (Fsp3) is 0.360. The summed E-state index contributed by atoms with van der Waals surface area (Å²) in [5, 5.41) is 7.50. The molecule has 66 heavy (non-hydrogen) atoms. The van der Waals surface area contributed by atoms with Crippen molar-refractivity contribution in [3.63, 3.8) is 0 Å². The lowest BCUT2D eigenvalue weighted by Crippen LogP contribution is -2.51. The van der Waals surface area contributed by atoms with Gasteiger partial charge in [-0.15, -0.1) is 0 Å². The number of benzene rings is 3. The maximum Gasteiger partial charge on any atom is 0.407 e. The standard InChI is InChI=1S/C50H56N8O8/c1-7-8-9-11-31(4)43(56-49(62)64-6)47(60)58-29-50(65-22-23-66-50)26-41(58)45-52-27-38(53-45)33-15-13-32(14-16-33)34-17-18-36-25-37(20-19-35(36)24-34)39-28-51-44(54-39)40-12-10-21-57(40)46(59)42(30(2)3)55-48(61)63-5/h7-9,11,13-20,24-25,27-28,30,40-43H,4,10,12,21-23,26,29H2,1-3,5-6H3,(H,51,54)(H,52,53)(H,55,61)(H,56,62)/b8-7-,11-9-/t40?,41-,42-,43+/m0/s1. The molecule has 0 bridgehead atoms. The highest BCUT2D eigenvalue weighted by Gasteiger charge is 2.52. The van der Waals surface area contributed by atoms with Crippen LogP contribution in [0.5, 0.6) is 0 Å². The first-order valence-corrected chi connectivity index (χ1v) is 22.2. The Morgan fingerprint density at radius 3 is 2.03 bits per heavy atom. The van der Waals surface area contributed by atoms with Crippen molar-refractivity contribution in [1.29, 1.82) is 0 Å². The van der Waals surface area contributed by atoms with Crippen LogP contribution in [-0.2, 0) is 28.5 Å². The van der Waals surface area contributed by atoms with Gasteiger partial charge in [-0.2, -0.15) is 0 Å². The number of methoxy groups -OCH3 is 2. The van der Waals surface area contributed by atoms with Gasteiger partial charge in [0, 0.05) is 18.5 Å².